The number of primary amides is 1. The van der Waals surface area contributed by atoms with E-state index in [9.17, 15) is 9.59 Å². The third-order valence-electron chi connectivity index (χ3n) is 5.47. The smallest absolute Gasteiger partial charge is 0.318 e. The molecule has 0 spiro atoms. The number of nitrogens with two attached hydrogens (primary N) is 1. The molecule has 0 radical (unpaired) electrons. The van der Waals surface area contributed by atoms with Gasteiger partial charge in [-0.15, -0.1) is 0 Å². The van der Waals surface area contributed by atoms with Gasteiger partial charge in [-0.1, -0.05) is 140 Å². The second-order valence-electron chi connectivity index (χ2n) is 8.09. The summed E-state index contributed by atoms with van der Waals surface area (Å²) in [6.45, 7) is 8.30. The Balaban J connectivity index is 0. The molecule has 5 heteroatoms. The van der Waals surface area contributed by atoms with Crippen LogP contribution in [0.5, 0.6) is 0 Å². The van der Waals surface area contributed by atoms with Gasteiger partial charge in [0.25, 0.3) is 0 Å². The van der Waals surface area contributed by atoms with E-state index in [-0.39, 0.29) is 5.91 Å². The second kappa shape index (κ2) is 22.1. The highest BCUT2D eigenvalue weighted by atomic mass is 79.9. The zero-order valence-corrected chi connectivity index (χ0v) is 21.4. The fraction of sp³-hybridized carbons (Fsp3) is 0.917. The van der Waals surface area contributed by atoms with Gasteiger partial charge in [-0.2, -0.15) is 0 Å². The van der Waals surface area contributed by atoms with Crippen LogP contribution in [0.15, 0.2) is 0 Å². The van der Waals surface area contributed by atoms with Crippen molar-refractivity contribution in [1.29, 1.82) is 0 Å². The van der Waals surface area contributed by atoms with Gasteiger partial charge in [-0.3, -0.25) is 10.1 Å². The minimum absolute atomic E-state index is 0.375. The van der Waals surface area contributed by atoms with Crippen LogP contribution in [-0.4, -0.2) is 16.3 Å². The summed E-state index contributed by atoms with van der Waals surface area (Å²) in [7, 11) is 0. The van der Waals surface area contributed by atoms with Gasteiger partial charge in [0.15, 0.2) is 0 Å². The zero-order valence-electron chi connectivity index (χ0n) is 19.8. The predicted molar refractivity (Wildman–Crippen MR) is 131 cm³/mol. The van der Waals surface area contributed by atoms with Crippen molar-refractivity contribution < 1.29 is 9.59 Å². The number of alkyl halides is 1. The number of unbranched alkanes of at least 4 members (excludes halogenated alkanes) is 14. The first-order chi connectivity index (χ1) is 13.9. The van der Waals surface area contributed by atoms with E-state index in [1.807, 2.05) is 19.2 Å². The maximum atomic E-state index is 11.3. The molecule has 0 aromatic carbocycles. The van der Waals surface area contributed by atoms with Crippen LogP contribution in [0.4, 0.5) is 4.79 Å². The van der Waals surface area contributed by atoms with Crippen LogP contribution in [-0.2, 0) is 4.79 Å². The van der Waals surface area contributed by atoms with Crippen LogP contribution in [0.2, 0.25) is 0 Å². The number of halogens is 1. The van der Waals surface area contributed by atoms with E-state index in [2.05, 4.69) is 29.8 Å². The molecule has 29 heavy (non-hydrogen) atoms. The van der Waals surface area contributed by atoms with E-state index in [1.54, 1.807) is 0 Å². The first kappa shape index (κ1) is 30.6. The molecule has 0 fully saturated rings. The average Bonchev–Trinajstić information content (AvgIpc) is 2.70. The molecular formula is C24H49BrN2O2. The summed E-state index contributed by atoms with van der Waals surface area (Å²) in [4.78, 5) is 21.6. The normalized spacial score (nSPS) is 10.9. The standard InChI is InChI=1S/C17H36.C7H13BrN2O2/c1-3-5-7-9-11-13-15-17-16-14-12-10-8-6-4-2;1-3-7(8,4-2)5(11)10-6(9)12/h3-17H2,1-2H3;3-4H2,1-2H3,(H3,9,10,11,12). The van der Waals surface area contributed by atoms with Gasteiger partial charge in [0, 0.05) is 0 Å². The Morgan fingerprint density at radius 1 is 0.655 bits per heavy atom. The first-order valence-corrected chi connectivity index (χ1v) is 13.0. The summed E-state index contributed by atoms with van der Waals surface area (Å²) >= 11 is 3.26. The number of hydrogen-bond acceptors (Lipinski definition) is 2. The van der Waals surface area contributed by atoms with Crippen molar-refractivity contribution in [1.82, 2.24) is 5.32 Å². The van der Waals surface area contributed by atoms with Gasteiger partial charge >= 0.3 is 6.03 Å². The molecule has 0 aliphatic heterocycles. The minimum Gasteiger partial charge on any atom is -0.351 e. The number of amides is 3. The van der Waals surface area contributed by atoms with E-state index >= 15 is 0 Å². The Hall–Kier alpha value is -0.580. The summed E-state index contributed by atoms with van der Waals surface area (Å²) in [5.41, 5.74) is 4.81. The SMILES string of the molecule is CCC(Br)(CC)C(=O)NC(N)=O.CCCCCCCCCCCCCCCCC. The lowest BCUT2D eigenvalue weighted by atomic mass is 10.0. The molecule has 174 valence electrons. The van der Waals surface area contributed by atoms with Crippen LogP contribution < -0.4 is 11.1 Å². The Labute approximate surface area is 189 Å². The number of urea groups is 1. The fourth-order valence-corrected chi connectivity index (χ4v) is 3.34. The topological polar surface area (TPSA) is 72.2 Å². The molecule has 0 saturated heterocycles. The highest BCUT2D eigenvalue weighted by Gasteiger charge is 2.32. The summed E-state index contributed by atoms with van der Waals surface area (Å²) in [5, 5.41) is 2.04. The van der Waals surface area contributed by atoms with Crippen LogP contribution in [0.1, 0.15) is 137 Å². The lowest BCUT2D eigenvalue weighted by molar-refractivity contribution is -0.122. The van der Waals surface area contributed by atoms with Crippen molar-refractivity contribution in [3.63, 3.8) is 0 Å². The molecular weight excluding hydrogens is 428 g/mol. The van der Waals surface area contributed by atoms with Gasteiger partial charge in [-0.25, -0.2) is 4.79 Å². The van der Waals surface area contributed by atoms with Crippen molar-refractivity contribution in [3.8, 4) is 0 Å². The van der Waals surface area contributed by atoms with E-state index in [0.29, 0.717) is 12.8 Å². The van der Waals surface area contributed by atoms with E-state index in [0.717, 1.165) is 0 Å². The average molecular weight is 478 g/mol. The molecule has 0 saturated carbocycles. The zero-order chi connectivity index (χ0) is 22.4. The number of nitrogens with one attached hydrogen (secondary N) is 1. The Kier molecular flexibility index (Phi) is 23.3. The largest absolute Gasteiger partial charge is 0.351 e. The lowest BCUT2D eigenvalue weighted by Crippen LogP contribution is -2.46. The third kappa shape index (κ3) is 20.5. The second-order valence-corrected chi connectivity index (χ2v) is 9.60. The Morgan fingerprint density at radius 2 is 0.931 bits per heavy atom. The molecule has 0 bridgehead atoms. The first-order valence-electron chi connectivity index (χ1n) is 12.2. The Bertz CT molecular complexity index is 371. The number of imide groups is 1. The number of carbonyl (C=O) groups excluding carboxylic acids is 2. The molecule has 3 N–H and O–H groups in total. The summed E-state index contributed by atoms with van der Waals surface area (Å²) in [5.74, 6) is -0.375. The number of carbonyl (C=O) groups is 2. The van der Waals surface area contributed by atoms with E-state index in [4.69, 9.17) is 5.73 Å². The van der Waals surface area contributed by atoms with Crippen LogP contribution in [0, 0.1) is 0 Å². The third-order valence-corrected chi connectivity index (χ3v) is 6.95. The molecule has 0 aromatic heterocycles. The lowest BCUT2D eigenvalue weighted by Gasteiger charge is -2.21. The van der Waals surface area contributed by atoms with E-state index in [1.165, 1.54) is 96.3 Å². The van der Waals surface area contributed by atoms with Crippen molar-refractivity contribution >= 4 is 27.9 Å². The molecule has 3 amide bonds. The molecule has 0 atom stereocenters. The molecule has 0 aliphatic carbocycles. The quantitative estimate of drug-likeness (QED) is 0.164. The van der Waals surface area contributed by atoms with Crippen molar-refractivity contribution in [2.24, 2.45) is 5.73 Å². The highest BCUT2D eigenvalue weighted by Crippen LogP contribution is 2.26. The van der Waals surface area contributed by atoms with Gasteiger partial charge in [0.05, 0.1) is 0 Å². The maximum absolute atomic E-state index is 11.3. The predicted octanol–water partition coefficient (Wildman–Crippen LogP) is 8.01. The monoisotopic (exact) mass is 476 g/mol. The van der Waals surface area contributed by atoms with Crippen molar-refractivity contribution in [3.05, 3.63) is 0 Å². The van der Waals surface area contributed by atoms with Gasteiger partial charge in [-0.05, 0) is 12.8 Å². The van der Waals surface area contributed by atoms with Gasteiger partial charge in [0.2, 0.25) is 5.91 Å². The Morgan fingerprint density at radius 3 is 1.14 bits per heavy atom. The maximum Gasteiger partial charge on any atom is 0.318 e. The molecule has 0 aromatic rings. The van der Waals surface area contributed by atoms with Gasteiger partial charge < -0.3 is 5.73 Å². The number of hydrogen-bond donors (Lipinski definition) is 2. The van der Waals surface area contributed by atoms with Crippen molar-refractivity contribution in [2.45, 2.75) is 141 Å². The molecule has 0 unspecified atom stereocenters. The number of rotatable bonds is 17. The molecule has 0 heterocycles. The molecule has 0 rings (SSSR count). The highest BCUT2D eigenvalue weighted by molar-refractivity contribution is 9.10. The van der Waals surface area contributed by atoms with Crippen LogP contribution >= 0.6 is 15.9 Å². The molecule has 4 nitrogen and oxygen atoms in total. The summed E-state index contributed by atoms with van der Waals surface area (Å²) in [6, 6.07) is -0.814. The van der Waals surface area contributed by atoms with Crippen LogP contribution in [0.3, 0.4) is 0 Å². The van der Waals surface area contributed by atoms with E-state index < -0.39 is 10.4 Å². The van der Waals surface area contributed by atoms with Crippen molar-refractivity contribution in [2.75, 3.05) is 0 Å². The minimum atomic E-state index is -0.814. The summed E-state index contributed by atoms with van der Waals surface area (Å²) < 4.78 is -0.665. The van der Waals surface area contributed by atoms with Crippen LogP contribution in [0.25, 0.3) is 0 Å². The van der Waals surface area contributed by atoms with Gasteiger partial charge in [0.1, 0.15) is 4.32 Å². The fourth-order valence-electron chi connectivity index (χ4n) is 3.24. The summed E-state index contributed by atoms with van der Waals surface area (Å²) in [6.07, 6.45) is 23.1. The molecule has 0 aliphatic rings.